The zero-order valence-electron chi connectivity index (χ0n) is 16.1. The van der Waals surface area contributed by atoms with Gasteiger partial charge < -0.3 is 14.6 Å². The molecule has 0 spiro atoms. The van der Waals surface area contributed by atoms with E-state index in [1.807, 2.05) is 0 Å². The number of halogens is 2. The van der Waals surface area contributed by atoms with Crippen LogP contribution in [0.1, 0.15) is 20.9 Å². The van der Waals surface area contributed by atoms with E-state index in [0.29, 0.717) is 10.4 Å². The summed E-state index contributed by atoms with van der Waals surface area (Å²) in [5.41, 5.74) is 1.07. The first-order valence-corrected chi connectivity index (χ1v) is 9.81. The molecule has 2 heterocycles. The second kappa shape index (κ2) is 8.52. The van der Waals surface area contributed by atoms with Crippen LogP contribution in [0.25, 0.3) is 5.69 Å². The molecule has 2 amide bonds. The first-order valence-electron chi connectivity index (χ1n) is 9.02. The van der Waals surface area contributed by atoms with Gasteiger partial charge in [0.25, 0.3) is 11.8 Å². The Kier molecular flexibility index (Phi) is 5.63. The van der Waals surface area contributed by atoms with Gasteiger partial charge in [0, 0.05) is 12.7 Å². The predicted octanol–water partition coefficient (Wildman–Crippen LogP) is 4.29. The van der Waals surface area contributed by atoms with Crippen molar-refractivity contribution in [3.63, 3.8) is 0 Å². The number of hydrogen-bond acceptors (Lipinski definition) is 5. The predicted molar refractivity (Wildman–Crippen MR) is 115 cm³/mol. The molecule has 0 aliphatic carbocycles. The molecular weight excluding hydrogens is 469 g/mol. The van der Waals surface area contributed by atoms with E-state index < -0.39 is 17.6 Å². The van der Waals surface area contributed by atoms with Crippen LogP contribution in [0.5, 0.6) is 0 Å². The Bertz CT molecular complexity index is 1260. The van der Waals surface area contributed by atoms with Crippen LogP contribution in [0.15, 0.2) is 76.3 Å². The molecule has 0 radical (unpaired) electrons. The number of rotatable bonds is 5. The standard InChI is InChI=1S/C21H15BrFN5O3/c1-27(21(30)18-8-9-19(22)31-18)16-5-3-2-4-14(16)20(29)26-13-6-7-17(15(23)10-13)28-12-24-11-25-28/h2-12H,1H3,(H,26,29). The van der Waals surface area contributed by atoms with Gasteiger partial charge in [-0.2, -0.15) is 5.10 Å². The van der Waals surface area contributed by atoms with E-state index in [2.05, 4.69) is 31.3 Å². The van der Waals surface area contributed by atoms with E-state index in [0.717, 1.165) is 0 Å². The molecule has 0 fully saturated rings. The molecule has 8 nitrogen and oxygen atoms in total. The first kappa shape index (κ1) is 20.5. The SMILES string of the molecule is CN(C(=O)c1ccc(Br)o1)c1ccccc1C(=O)Nc1ccc(-n2cncn2)c(F)c1. The molecular formula is C21H15BrFN5O3. The summed E-state index contributed by atoms with van der Waals surface area (Å²) in [5.74, 6) is -1.37. The third-order valence-electron chi connectivity index (χ3n) is 4.47. The lowest BCUT2D eigenvalue weighted by atomic mass is 10.1. The van der Waals surface area contributed by atoms with Crippen molar-refractivity contribution in [2.75, 3.05) is 17.3 Å². The maximum atomic E-state index is 14.5. The van der Waals surface area contributed by atoms with Crippen molar-refractivity contribution in [3.05, 3.63) is 89.1 Å². The average Bonchev–Trinajstić information content (AvgIpc) is 3.45. The highest BCUT2D eigenvalue weighted by Gasteiger charge is 2.22. The van der Waals surface area contributed by atoms with Crippen LogP contribution < -0.4 is 10.2 Å². The van der Waals surface area contributed by atoms with Crippen molar-refractivity contribution in [2.24, 2.45) is 0 Å². The van der Waals surface area contributed by atoms with Crippen LogP contribution in [0.3, 0.4) is 0 Å². The van der Waals surface area contributed by atoms with E-state index in [-0.39, 0.29) is 22.7 Å². The Morgan fingerprint density at radius 2 is 1.97 bits per heavy atom. The largest absolute Gasteiger partial charge is 0.444 e. The fourth-order valence-corrected chi connectivity index (χ4v) is 3.27. The van der Waals surface area contributed by atoms with Gasteiger partial charge in [0.15, 0.2) is 16.2 Å². The van der Waals surface area contributed by atoms with Crippen LogP contribution in [-0.2, 0) is 0 Å². The number of furan rings is 1. The molecule has 4 rings (SSSR count). The molecule has 0 bridgehead atoms. The summed E-state index contributed by atoms with van der Waals surface area (Å²) in [4.78, 5) is 30.7. The number of nitrogens with zero attached hydrogens (tertiary/aromatic N) is 4. The summed E-state index contributed by atoms with van der Waals surface area (Å²) >= 11 is 3.16. The second-order valence-electron chi connectivity index (χ2n) is 6.45. The minimum Gasteiger partial charge on any atom is -0.444 e. The third-order valence-corrected chi connectivity index (χ3v) is 4.90. The highest BCUT2D eigenvalue weighted by molar-refractivity contribution is 9.10. The fraction of sp³-hybridized carbons (Fsp3) is 0.0476. The molecule has 4 aromatic rings. The summed E-state index contributed by atoms with van der Waals surface area (Å²) in [6.07, 6.45) is 2.67. The number of nitrogens with one attached hydrogen (secondary N) is 1. The Labute approximate surface area is 184 Å². The van der Waals surface area contributed by atoms with Crippen molar-refractivity contribution < 1.29 is 18.4 Å². The maximum absolute atomic E-state index is 14.5. The van der Waals surface area contributed by atoms with Gasteiger partial charge in [-0.1, -0.05) is 12.1 Å². The van der Waals surface area contributed by atoms with E-state index in [1.54, 1.807) is 36.4 Å². The normalized spacial score (nSPS) is 10.7. The van der Waals surface area contributed by atoms with Gasteiger partial charge in [-0.05, 0) is 58.4 Å². The van der Waals surface area contributed by atoms with Gasteiger partial charge in [0.05, 0.1) is 11.3 Å². The Balaban J connectivity index is 1.57. The molecule has 1 N–H and O–H groups in total. The molecule has 2 aromatic carbocycles. The highest BCUT2D eigenvalue weighted by atomic mass is 79.9. The zero-order chi connectivity index (χ0) is 22.0. The number of para-hydroxylation sites is 1. The van der Waals surface area contributed by atoms with Gasteiger partial charge in [-0.3, -0.25) is 9.59 Å². The molecule has 0 aliphatic heterocycles. The van der Waals surface area contributed by atoms with Crippen molar-refractivity contribution in [3.8, 4) is 5.69 Å². The maximum Gasteiger partial charge on any atom is 0.293 e. The zero-order valence-corrected chi connectivity index (χ0v) is 17.7. The minimum atomic E-state index is -0.577. The monoisotopic (exact) mass is 483 g/mol. The van der Waals surface area contributed by atoms with Crippen LogP contribution >= 0.6 is 15.9 Å². The van der Waals surface area contributed by atoms with Crippen molar-refractivity contribution in [1.82, 2.24) is 14.8 Å². The Morgan fingerprint density at radius 3 is 2.65 bits per heavy atom. The molecule has 0 aliphatic rings. The molecule has 10 heteroatoms. The number of aromatic nitrogens is 3. The molecule has 0 unspecified atom stereocenters. The molecule has 0 saturated heterocycles. The van der Waals surface area contributed by atoms with Crippen molar-refractivity contribution in [2.45, 2.75) is 0 Å². The van der Waals surface area contributed by atoms with Gasteiger partial charge in [-0.15, -0.1) is 0 Å². The van der Waals surface area contributed by atoms with Gasteiger partial charge in [0.2, 0.25) is 0 Å². The fourth-order valence-electron chi connectivity index (χ4n) is 2.96. The summed E-state index contributed by atoms with van der Waals surface area (Å²) in [7, 11) is 1.54. The van der Waals surface area contributed by atoms with Gasteiger partial charge in [-0.25, -0.2) is 14.1 Å². The lowest BCUT2D eigenvalue weighted by molar-refractivity contribution is 0.0965. The number of anilines is 2. The summed E-state index contributed by atoms with van der Waals surface area (Å²) in [6, 6.07) is 14.0. The van der Waals surface area contributed by atoms with E-state index in [1.165, 1.54) is 47.5 Å². The topological polar surface area (TPSA) is 93.3 Å². The Morgan fingerprint density at radius 1 is 1.16 bits per heavy atom. The van der Waals surface area contributed by atoms with Crippen LogP contribution in [0.2, 0.25) is 0 Å². The molecule has 2 aromatic heterocycles. The number of carbonyl (C=O) groups excluding carboxylic acids is 2. The number of amides is 2. The van der Waals surface area contributed by atoms with Crippen LogP contribution in [0, 0.1) is 5.82 Å². The Hall–Kier alpha value is -3.79. The van der Waals surface area contributed by atoms with Crippen LogP contribution in [-0.4, -0.2) is 33.6 Å². The van der Waals surface area contributed by atoms with E-state index in [4.69, 9.17) is 4.42 Å². The number of benzene rings is 2. The second-order valence-corrected chi connectivity index (χ2v) is 7.23. The molecule has 31 heavy (non-hydrogen) atoms. The first-order chi connectivity index (χ1) is 14.9. The average molecular weight is 484 g/mol. The van der Waals surface area contributed by atoms with Crippen molar-refractivity contribution in [1.29, 1.82) is 0 Å². The molecule has 156 valence electrons. The van der Waals surface area contributed by atoms with Crippen molar-refractivity contribution >= 4 is 39.1 Å². The quantitative estimate of drug-likeness (QED) is 0.456. The summed E-state index contributed by atoms with van der Waals surface area (Å²) in [6.45, 7) is 0. The number of hydrogen-bond donors (Lipinski definition) is 1. The molecule has 0 atom stereocenters. The van der Waals surface area contributed by atoms with Crippen LogP contribution in [0.4, 0.5) is 15.8 Å². The lowest BCUT2D eigenvalue weighted by Crippen LogP contribution is -2.28. The summed E-state index contributed by atoms with van der Waals surface area (Å²) in [5, 5.41) is 6.55. The van der Waals surface area contributed by atoms with E-state index in [9.17, 15) is 14.0 Å². The third kappa shape index (κ3) is 4.24. The van der Waals surface area contributed by atoms with E-state index >= 15 is 0 Å². The van der Waals surface area contributed by atoms with Gasteiger partial charge in [0.1, 0.15) is 18.3 Å². The highest BCUT2D eigenvalue weighted by Crippen LogP contribution is 2.25. The van der Waals surface area contributed by atoms with Gasteiger partial charge >= 0.3 is 0 Å². The molecule has 0 saturated carbocycles. The lowest BCUT2D eigenvalue weighted by Gasteiger charge is -2.19. The summed E-state index contributed by atoms with van der Waals surface area (Å²) < 4.78 is 21.5. The minimum absolute atomic E-state index is 0.121. The number of carbonyl (C=O) groups is 2. The smallest absolute Gasteiger partial charge is 0.293 e.